The van der Waals surface area contributed by atoms with Crippen molar-refractivity contribution in [2.24, 2.45) is 0 Å². The fourth-order valence-electron chi connectivity index (χ4n) is 3.75. The second kappa shape index (κ2) is 9.99. The minimum Gasteiger partial charge on any atom is -0.457 e. The van der Waals surface area contributed by atoms with E-state index in [2.05, 4.69) is 5.32 Å². The van der Waals surface area contributed by atoms with E-state index < -0.39 is 11.8 Å². The SMILES string of the molecule is O=C1NC(=S)N(c2ccc(Oc3ccccc3)cc2)C(=O)C1=Cc1cccn1-c1cc(Cl)cc(Cl)c1. The van der Waals surface area contributed by atoms with Gasteiger partial charge in [0, 0.05) is 27.6 Å². The van der Waals surface area contributed by atoms with Gasteiger partial charge in [-0.3, -0.25) is 19.8 Å². The lowest BCUT2D eigenvalue weighted by atomic mass is 10.1. The molecule has 0 aliphatic carbocycles. The van der Waals surface area contributed by atoms with Gasteiger partial charge in [-0.25, -0.2) is 0 Å². The quantitative estimate of drug-likeness (QED) is 0.183. The van der Waals surface area contributed by atoms with Crippen molar-refractivity contribution in [1.29, 1.82) is 0 Å². The maximum atomic E-state index is 13.4. The highest BCUT2D eigenvalue weighted by molar-refractivity contribution is 7.80. The second-order valence-corrected chi connectivity index (χ2v) is 9.06. The zero-order valence-corrected chi connectivity index (χ0v) is 20.8. The zero-order chi connectivity index (χ0) is 25.2. The van der Waals surface area contributed by atoms with Gasteiger partial charge in [-0.15, -0.1) is 0 Å². The highest BCUT2D eigenvalue weighted by Gasteiger charge is 2.34. The number of nitrogens with zero attached hydrogens (tertiary/aromatic N) is 2. The summed E-state index contributed by atoms with van der Waals surface area (Å²) < 4.78 is 7.59. The largest absolute Gasteiger partial charge is 0.457 e. The fraction of sp³-hybridized carbons (Fsp3) is 0. The minimum absolute atomic E-state index is 0.00381. The molecular formula is C27H17Cl2N3O3S. The number of anilines is 1. The zero-order valence-electron chi connectivity index (χ0n) is 18.5. The van der Waals surface area contributed by atoms with Gasteiger partial charge < -0.3 is 9.30 Å². The summed E-state index contributed by atoms with van der Waals surface area (Å²) in [5.74, 6) is 0.161. The van der Waals surface area contributed by atoms with E-state index in [0.29, 0.717) is 38.6 Å². The van der Waals surface area contributed by atoms with Crippen molar-refractivity contribution in [3.8, 4) is 17.2 Å². The van der Waals surface area contributed by atoms with Crippen LogP contribution in [-0.4, -0.2) is 21.5 Å². The highest BCUT2D eigenvalue weighted by atomic mass is 35.5. The van der Waals surface area contributed by atoms with Crippen LogP contribution in [0.15, 0.2) is 96.7 Å². The molecule has 1 N–H and O–H groups in total. The monoisotopic (exact) mass is 533 g/mol. The Morgan fingerprint density at radius 1 is 0.806 bits per heavy atom. The smallest absolute Gasteiger partial charge is 0.270 e. The van der Waals surface area contributed by atoms with Crippen LogP contribution in [0, 0.1) is 0 Å². The van der Waals surface area contributed by atoms with E-state index in [4.69, 9.17) is 40.2 Å². The Morgan fingerprint density at radius 3 is 2.17 bits per heavy atom. The first-order valence-electron chi connectivity index (χ1n) is 10.8. The Kier molecular flexibility index (Phi) is 6.61. The van der Waals surface area contributed by atoms with Crippen LogP contribution in [0.25, 0.3) is 11.8 Å². The number of thiocarbonyl (C=S) groups is 1. The first kappa shape index (κ1) is 23.8. The van der Waals surface area contributed by atoms with Crippen LogP contribution in [-0.2, 0) is 9.59 Å². The van der Waals surface area contributed by atoms with Crippen LogP contribution in [0.4, 0.5) is 5.69 Å². The van der Waals surface area contributed by atoms with E-state index in [1.807, 2.05) is 30.3 Å². The lowest BCUT2D eigenvalue weighted by molar-refractivity contribution is -0.122. The van der Waals surface area contributed by atoms with E-state index in [1.54, 1.807) is 65.4 Å². The molecule has 1 aromatic heterocycles. The number of carbonyl (C=O) groups is 2. The van der Waals surface area contributed by atoms with Gasteiger partial charge in [0.25, 0.3) is 11.8 Å². The van der Waals surface area contributed by atoms with Crippen LogP contribution in [0.2, 0.25) is 10.0 Å². The van der Waals surface area contributed by atoms with E-state index in [9.17, 15) is 9.59 Å². The number of halogens is 2. The lowest BCUT2D eigenvalue weighted by Gasteiger charge is -2.29. The van der Waals surface area contributed by atoms with Crippen molar-refractivity contribution >= 4 is 64.1 Å². The van der Waals surface area contributed by atoms with Crippen molar-refractivity contribution in [1.82, 2.24) is 9.88 Å². The van der Waals surface area contributed by atoms with E-state index in [-0.39, 0.29) is 10.7 Å². The number of carbonyl (C=O) groups excluding carboxylic acids is 2. The molecule has 0 bridgehead atoms. The van der Waals surface area contributed by atoms with Crippen LogP contribution < -0.4 is 15.0 Å². The Labute approximate surface area is 222 Å². The molecule has 0 unspecified atom stereocenters. The maximum absolute atomic E-state index is 13.4. The van der Waals surface area contributed by atoms with Crippen molar-refractivity contribution in [3.63, 3.8) is 0 Å². The van der Waals surface area contributed by atoms with Crippen LogP contribution in [0.3, 0.4) is 0 Å². The topological polar surface area (TPSA) is 63.6 Å². The fourth-order valence-corrected chi connectivity index (χ4v) is 4.55. The Morgan fingerprint density at radius 2 is 1.47 bits per heavy atom. The Balaban J connectivity index is 1.44. The minimum atomic E-state index is -0.581. The van der Waals surface area contributed by atoms with Crippen LogP contribution in [0.5, 0.6) is 11.5 Å². The molecule has 3 aromatic carbocycles. The van der Waals surface area contributed by atoms with E-state index >= 15 is 0 Å². The molecule has 5 rings (SSSR count). The van der Waals surface area contributed by atoms with Crippen molar-refractivity contribution in [3.05, 3.63) is 112 Å². The highest BCUT2D eigenvalue weighted by Crippen LogP contribution is 2.28. The maximum Gasteiger partial charge on any atom is 0.270 e. The number of rotatable bonds is 5. The van der Waals surface area contributed by atoms with Gasteiger partial charge in [-0.2, -0.15) is 0 Å². The summed E-state index contributed by atoms with van der Waals surface area (Å²) in [6.45, 7) is 0. The summed E-state index contributed by atoms with van der Waals surface area (Å²) in [6, 6.07) is 24.9. The first-order valence-corrected chi connectivity index (χ1v) is 11.9. The molecule has 1 aliphatic rings. The van der Waals surface area contributed by atoms with Gasteiger partial charge >= 0.3 is 0 Å². The normalized spacial score (nSPS) is 14.8. The third-order valence-corrected chi connectivity index (χ3v) is 6.09. The van der Waals surface area contributed by atoms with E-state index in [0.717, 1.165) is 0 Å². The van der Waals surface area contributed by atoms with Gasteiger partial charge in [-0.05, 0) is 85.0 Å². The van der Waals surface area contributed by atoms with Gasteiger partial charge in [0.05, 0.1) is 5.69 Å². The molecule has 9 heteroatoms. The number of aromatic nitrogens is 1. The predicted molar refractivity (Wildman–Crippen MR) is 145 cm³/mol. The third-order valence-electron chi connectivity index (χ3n) is 5.37. The first-order chi connectivity index (χ1) is 17.4. The molecular weight excluding hydrogens is 517 g/mol. The number of hydrogen-bond donors (Lipinski definition) is 1. The van der Waals surface area contributed by atoms with E-state index in [1.165, 1.54) is 11.0 Å². The summed E-state index contributed by atoms with van der Waals surface area (Å²) in [5, 5.41) is 3.53. The summed E-state index contributed by atoms with van der Waals surface area (Å²) >= 11 is 17.6. The number of hydrogen-bond acceptors (Lipinski definition) is 4. The summed E-state index contributed by atoms with van der Waals surface area (Å²) in [6.07, 6.45) is 3.29. The molecule has 0 saturated carbocycles. The van der Waals surface area contributed by atoms with Gasteiger partial charge in [-0.1, -0.05) is 41.4 Å². The molecule has 2 heterocycles. The third kappa shape index (κ3) is 4.90. The standard InChI is InChI=1S/C27H17Cl2N3O3S/c28-17-13-18(29)15-21(14-17)31-12-4-5-20(31)16-24-25(33)30-27(36)32(26(24)34)19-8-10-23(11-9-19)35-22-6-2-1-3-7-22/h1-16H,(H,30,33,36). The molecule has 1 fully saturated rings. The van der Waals surface area contributed by atoms with Crippen molar-refractivity contribution in [2.75, 3.05) is 4.90 Å². The van der Waals surface area contributed by atoms with Gasteiger partial charge in [0.2, 0.25) is 0 Å². The molecule has 0 radical (unpaired) electrons. The van der Waals surface area contributed by atoms with Crippen LogP contribution in [0.1, 0.15) is 5.69 Å². The average molecular weight is 534 g/mol. The number of amides is 2. The van der Waals surface area contributed by atoms with Crippen molar-refractivity contribution in [2.45, 2.75) is 0 Å². The Bertz CT molecular complexity index is 1490. The summed E-state index contributed by atoms with van der Waals surface area (Å²) in [7, 11) is 0. The number of ether oxygens (including phenoxy) is 1. The average Bonchev–Trinajstić information content (AvgIpc) is 3.31. The molecule has 2 amide bonds. The lowest BCUT2D eigenvalue weighted by Crippen LogP contribution is -2.54. The molecule has 0 spiro atoms. The molecule has 1 saturated heterocycles. The molecule has 1 aliphatic heterocycles. The second-order valence-electron chi connectivity index (χ2n) is 7.80. The molecule has 178 valence electrons. The van der Waals surface area contributed by atoms with Crippen molar-refractivity contribution < 1.29 is 14.3 Å². The summed E-state index contributed by atoms with van der Waals surface area (Å²) in [5.41, 5.74) is 1.70. The van der Waals surface area contributed by atoms with Gasteiger partial charge in [0.1, 0.15) is 17.1 Å². The number of para-hydroxylation sites is 1. The van der Waals surface area contributed by atoms with Crippen LogP contribution >= 0.6 is 35.4 Å². The van der Waals surface area contributed by atoms with Gasteiger partial charge in [0.15, 0.2) is 5.11 Å². The number of benzene rings is 3. The molecule has 4 aromatic rings. The molecule has 36 heavy (non-hydrogen) atoms. The predicted octanol–water partition coefficient (Wildman–Crippen LogP) is 6.41. The number of nitrogens with one attached hydrogen (secondary N) is 1. The Hall–Kier alpha value is -3.91. The summed E-state index contributed by atoms with van der Waals surface area (Å²) in [4.78, 5) is 27.5. The molecule has 6 nitrogen and oxygen atoms in total. The molecule has 0 atom stereocenters.